The van der Waals surface area contributed by atoms with Crippen LogP contribution < -0.4 is 4.74 Å². The zero-order chi connectivity index (χ0) is 16.7. The largest absolute Gasteiger partial charge is 0.466 e. The normalized spacial score (nSPS) is 13.2. The molecule has 0 spiro atoms. The first-order valence-corrected chi connectivity index (χ1v) is 7.73. The Morgan fingerprint density at radius 3 is 2.26 bits per heavy atom. The molecule has 2 aromatic carbocycles. The van der Waals surface area contributed by atoms with Gasteiger partial charge in [-0.1, -0.05) is 37.3 Å². The van der Waals surface area contributed by atoms with Gasteiger partial charge in [-0.3, -0.25) is 4.79 Å². The zero-order valence-electron chi connectivity index (χ0n) is 13.5. The first-order chi connectivity index (χ1) is 11.0. The molecule has 0 aliphatic carbocycles. The lowest BCUT2D eigenvalue weighted by molar-refractivity contribution is -0.149. The SMILES string of the molecule is CCCOC(=O)CC(C)(O)c1ccc(Oc2ccccc2)cc1. The van der Waals surface area contributed by atoms with E-state index in [1.807, 2.05) is 37.3 Å². The Morgan fingerprint density at radius 2 is 1.65 bits per heavy atom. The van der Waals surface area contributed by atoms with Crippen molar-refractivity contribution < 1.29 is 19.4 Å². The number of aliphatic hydroxyl groups is 1. The number of hydrogen-bond donors (Lipinski definition) is 1. The van der Waals surface area contributed by atoms with Crippen LogP contribution in [0.15, 0.2) is 54.6 Å². The van der Waals surface area contributed by atoms with Crippen molar-refractivity contribution in [2.45, 2.75) is 32.3 Å². The first-order valence-electron chi connectivity index (χ1n) is 7.73. The van der Waals surface area contributed by atoms with Crippen LogP contribution in [0.3, 0.4) is 0 Å². The zero-order valence-corrected chi connectivity index (χ0v) is 13.5. The smallest absolute Gasteiger partial charge is 0.309 e. The van der Waals surface area contributed by atoms with Crippen LogP contribution in [0.2, 0.25) is 0 Å². The molecule has 0 aliphatic heterocycles. The summed E-state index contributed by atoms with van der Waals surface area (Å²) in [6, 6.07) is 16.5. The number of carbonyl (C=O) groups is 1. The molecular formula is C19H22O4. The lowest BCUT2D eigenvalue weighted by Crippen LogP contribution is -2.26. The molecule has 0 saturated heterocycles. The number of rotatable bonds is 7. The van der Waals surface area contributed by atoms with E-state index in [1.54, 1.807) is 31.2 Å². The highest BCUT2D eigenvalue weighted by Gasteiger charge is 2.27. The van der Waals surface area contributed by atoms with E-state index in [1.165, 1.54) is 0 Å². The Hall–Kier alpha value is -2.33. The van der Waals surface area contributed by atoms with Gasteiger partial charge in [0, 0.05) is 0 Å². The monoisotopic (exact) mass is 314 g/mol. The Balaban J connectivity index is 2.01. The van der Waals surface area contributed by atoms with E-state index >= 15 is 0 Å². The number of benzene rings is 2. The number of esters is 1. The summed E-state index contributed by atoms with van der Waals surface area (Å²) in [6.45, 7) is 3.91. The maximum absolute atomic E-state index is 11.7. The Bertz CT molecular complexity index is 618. The van der Waals surface area contributed by atoms with Crippen molar-refractivity contribution in [2.75, 3.05) is 6.61 Å². The summed E-state index contributed by atoms with van der Waals surface area (Å²) in [5.74, 6) is 1.01. The van der Waals surface area contributed by atoms with E-state index in [0.29, 0.717) is 17.9 Å². The standard InChI is InChI=1S/C19H22O4/c1-3-13-22-18(20)14-19(2,21)15-9-11-17(12-10-15)23-16-7-5-4-6-8-16/h4-12,21H,3,13-14H2,1-2H3. The highest BCUT2D eigenvalue weighted by atomic mass is 16.5. The van der Waals surface area contributed by atoms with E-state index in [9.17, 15) is 9.90 Å². The van der Waals surface area contributed by atoms with Crippen LogP contribution in [0, 0.1) is 0 Å². The van der Waals surface area contributed by atoms with Gasteiger partial charge in [0.25, 0.3) is 0 Å². The molecule has 4 heteroatoms. The molecule has 4 nitrogen and oxygen atoms in total. The highest BCUT2D eigenvalue weighted by Crippen LogP contribution is 2.28. The quantitative estimate of drug-likeness (QED) is 0.784. The average Bonchev–Trinajstić information content (AvgIpc) is 2.54. The second-order valence-corrected chi connectivity index (χ2v) is 5.61. The molecule has 0 aliphatic rings. The van der Waals surface area contributed by atoms with E-state index < -0.39 is 11.6 Å². The highest BCUT2D eigenvalue weighted by molar-refractivity contribution is 5.71. The predicted molar refractivity (Wildman–Crippen MR) is 88.4 cm³/mol. The fraction of sp³-hybridized carbons (Fsp3) is 0.316. The molecule has 2 rings (SSSR count). The summed E-state index contributed by atoms with van der Waals surface area (Å²) in [6.07, 6.45) is 0.686. The summed E-state index contributed by atoms with van der Waals surface area (Å²) < 4.78 is 10.7. The Labute approximate surface area is 136 Å². The third-order valence-electron chi connectivity index (χ3n) is 3.41. The molecule has 0 amide bonds. The molecule has 1 atom stereocenters. The van der Waals surface area contributed by atoms with E-state index in [2.05, 4.69) is 0 Å². The van der Waals surface area contributed by atoms with Crippen molar-refractivity contribution in [1.29, 1.82) is 0 Å². The van der Waals surface area contributed by atoms with Crippen molar-refractivity contribution in [3.05, 3.63) is 60.2 Å². The second kappa shape index (κ2) is 7.79. The maximum atomic E-state index is 11.7. The fourth-order valence-corrected chi connectivity index (χ4v) is 2.16. The summed E-state index contributed by atoms with van der Waals surface area (Å²) in [4.78, 5) is 11.7. The van der Waals surface area contributed by atoms with Crippen molar-refractivity contribution in [3.8, 4) is 11.5 Å². The van der Waals surface area contributed by atoms with Gasteiger partial charge in [0.2, 0.25) is 0 Å². The molecule has 23 heavy (non-hydrogen) atoms. The van der Waals surface area contributed by atoms with Gasteiger partial charge < -0.3 is 14.6 Å². The molecule has 1 N–H and O–H groups in total. The average molecular weight is 314 g/mol. The number of hydrogen-bond acceptors (Lipinski definition) is 4. The van der Waals surface area contributed by atoms with Crippen molar-refractivity contribution in [2.24, 2.45) is 0 Å². The predicted octanol–water partition coefficient (Wildman–Crippen LogP) is 4.03. The van der Waals surface area contributed by atoms with Gasteiger partial charge >= 0.3 is 5.97 Å². The van der Waals surface area contributed by atoms with Crippen LogP contribution in [0.1, 0.15) is 32.3 Å². The van der Waals surface area contributed by atoms with Crippen LogP contribution >= 0.6 is 0 Å². The summed E-state index contributed by atoms with van der Waals surface area (Å²) in [5.41, 5.74) is -0.623. The number of carbonyl (C=O) groups excluding carboxylic acids is 1. The Morgan fingerprint density at radius 1 is 1.04 bits per heavy atom. The molecule has 0 fully saturated rings. The van der Waals surface area contributed by atoms with Crippen LogP contribution in [-0.4, -0.2) is 17.7 Å². The van der Waals surface area contributed by atoms with Gasteiger partial charge in [-0.2, -0.15) is 0 Å². The molecule has 0 saturated carbocycles. The molecule has 0 heterocycles. The molecule has 0 radical (unpaired) electrons. The summed E-state index contributed by atoms with van der Waals surface area (Å²) in [7, 11) is 0. The van der Waals surface area contributed by atoms with Gasteiger partial charge in [-0.25, -0.2) is 0 Å². The molecule has 0 bridgehead atoms. The minimum atomic E-state index is -1.27. The minimum Gasteiger partial charge on any atom is -0.466 e. The van der Waals surface area contributed by atoms with Gasteiger partial charge in [0.15, 0.2) is 0 Å². The van der Waals surface area contributed by atoms with Gasteiger partial charge in [-0.05, 0) is 43.2 Å². The lowest BCUT2D eigenvalue weighted by Gasteiger charge is -2.23. The Kier molecular flexibility index (Phi) is 5.77. The third kappa shape index (κ3) is 5.11. The lowest BCUT2D eigenvalue weighted by atomic mass is 9.92. The van der Waals surface area contributed by atoms with Crippen molar-refractivity contribution in [3.63, 3.8) is 0 Å². The van der Waals surface area contributed by atoms with Crippen LogP contribution in [-0.2, 0) is 15.1 Å². The maximum Gasteiger partial charge on any atom is 0.309 e. The van der Waals surface area contributed by atoms with E-state index in [-0.39, 0.29) is 6.42 Å². The van der Waals surface area contributed by atoms with Crippen molar-refractivity contribution in [1.82, 2.24) is 0 Å². The molecular weight excluding hydrogens is 292 g/mol. The minimum absolute atomic E-state index is 0.0775. The third-order valence-corrected chi connectivity index (χ3v) is 3.41. The van der Waals surface area contributed by atoms with Gasteiger partial charge in [-0.15, -0.1) is 0 Å². The summed E-state index contributed by atoms with van der Waals surface area (Å²) in [5, 5.41) is 10.5. The topological polar surface area (TPSA) is 55.8 Å². The van der Waals surface area contributed by atoms with Gasteiger partial charge in [0.1, 0.15) is 11.5 Å². The fourth-order valence-electron chi connectivity index (χ4n) is 2.16. The molecule has 2 aromatic rings. The first kappa shape index (κ1) is 17.0. The van der Waals surface area contributed by atoms with Crippen LogP contribution in [0.5, 0.6) is 11.5 Å². The second-order valence-electron chi connectivity index (χ2n) is 5.61. The van der Waals surface area contributed by atoms with E-state index in [0.717, 1.165) is 12.2 Å². The number of para-hydroxylation sites is 1. The molecule has 122 valence electrons. The molecule has 1 unspecified atom stereocenters. The van der Waals surface area contributed by atoms with E-state index in [4.69, 9.17) is 9.47 Å². The summed E-state index contributed by atoms with van der Waals surface area (Å²) >= 11 is 0. The van der Waals surface area contributed by atoms with Crippen LogP contribution in [0.4, 0.5) is 0 Å². The van der Waals surface area contributed by atoms with Crippen LogP contribution in [0.25, 0.3) is 0 Å². The number of ether oxygens (including phenoxy) is 2. The van der Waals surface area contributed by atoms with Gasteiger partial charge in [0.05, 0.1) is 18.6 Å². The molecule has 0 aromatic heterocycles. The van der Waals surface area contributed by atoms with Crippen molar-refractivity contribution >= 4 is 5.97 Å².